The Hall–Kier alpha value is 0.270. The summed E-state index contributed by atoms with van der Waals surface area (Å²) >= 11 is 2.04. The average Bonchev–Trinajstić information content (AvgIpc) is 2.61. The topological polar surface area (TPSA) is 15.3 Å². The summed E-state index contributed by atoms with van der Waals surface area (Å²) in [5.74, 6) is 0.942. The zero-order valence-corrected chi connectivity index (χ0v) is 10.9. The number of rotatable bonds is 2. The van der Waals surface area contributed by atoms with Crippen LogP contribution in [0.15, 0.2) is 0 Å². The molecule has 2 fully saturated rings. The Bertz CT molecular complexity index is 198. The molecule has 0 radical (unpaired) electrons. The van der Waals surface area contributed by atoms with E-state index < -0.39 is 0 Å². The highest BCUT2D eigenvalue weighted by molar-refractivity contribution is 7.99. The third kappa shape index (κ3) is 2.89. The molecule has 0 aromatic carbocycles. The van der Waals surface area contributed by atoms with Gasteiger partial charge in [0.25, 0.3) is 0 Å². The van der Waals surface area contributed by atoms with Crippen LogP contribution in [-0.2, 0) is 0 Å². The molecule has 0 aliphatic carbocycles. The summed E-state index contributed by atoms with van der Waals surface area (Å²) in [6, 6.07) is 0.797. The molecule has 1 N–H and O–H groups in total. The second kappa shape index (κ2) is 5.55. The van der Waals surface area contributed by atoms with Crippen molar-refractivity contribution in [2.45, 2.75) is 37.5 Å². The molecular weight excluding hydrogens is 204 g/mol. The number of nitrogens with one attached hydrogen (secondary N) is 1. The maximum Gasteiger partial charge on any atom is 0.0351 e. The largest absolute Gasteiger partial charge is 0.314 e. The molecule has 3 heteroatoms. The predicted octanol–water partition coefficient (Wildman–Crippen LogP) is 1.81. The zero-order valence-electron chi connectivity index (χ0n) is 10.0. The molecule has 2 aliphatic heterocycles. The molecule has 15 heavy (non-hydrogen) atoms. The first-order chi connectivity index (χ1) is 7.31. The third-order valence-electron chi connectivity index (χ3n) is 3.95. The number of thioether (sulfide) groups is 1. The van der Waals surface area contributed by atoms with Crippen LogP contribution in [0.1, 0.15) is 26.2 Å². The maximum atomic E-state index is 3.54. The van der Waals surface area contributed by atoms with Crippen LogP contribution in [0.5, 0.6) is 0 Å². The Labute approximate surface area is 98.2 Å². The van der Waals surface area contributed by atoms with E-state index >= 15 is 0 Å². The quantitative estimate of drug-likeness (QED) is 0.776. The van der Waals surface area contributed by atoms with E-state index in [1.165, 1.54) is 45.4 Å². The van der Waals surface area contributed by atoms with Crippen LogP contribution in [0.25, 0.3) is 0 Å². The fourth-order valence-corrected chi connectivity index (χ4v) is 3.73. The van der Waals surface area contributed by atoms with Gasteiger partial charge in [-0.05, 0) is 44.5 Å². The van der Waals surface area contributed by atoms with E-state index in [1.54, 1.807) is 0 Å². The lowest BCUT2D eigenvalue weighted by atomic mass is 10.0. The van der Waals surface area contributed by atoms with E-state index in [0.29, 0.717) is 0 Å². The van der Waals surface area contributed by atoms with E-state index in [4.69, 9.17) is 0 Å². The van der Waals surface area contributed by atoms with Crippen molar-refractivity contribution in [3.63, 3.8) is 0 Å². The molecule has 88 valence electrons. The van der Waals surface area contributed by atoms with Gasteiger partial charge < -0.3 is 5.32 Å². The van der Waals surface area contributed by atoms with Crippen molar-refractivity contribution in [1.82, 2.24) is 10.2 Å². The van der Waals surface area contributed by atoms with Crippen molar-refractivity contribution in [3.05, 3.63) is 0 Å². The summed E-state index contributed by atoms with van der Waals surface area (Å²) in [5.41, 5.74) is 0. The maximum absolute atomic E-state index is 3.54. The Balaban J connectivity index is 1.91. The second-order valence-corrected chi connectivity index (χ2v) is 6.15. The highest BCUT2D eigenvalue weighted by Crippen LogP contribution is 2.24. The van der Waals surface area contributed by atoms with Gasteiger partial charge in [-0.25, -0.2) is 0 Å². The average molecular weight is 228 g/mol. The van der Waals surface area contributed by atoms with Crippen molar-refractivity contribution in [3.8, 4) is 0 Å². The van der Waals surface area contributed by atoms with Crippen molar-refractivity contribution in [2.75, 3.05) is 32.4 Å². The third-order valence-corrected chi connectivity index (χ3v) is 5.04. The molecule has 2 heterocycles. The number of hydrogen-bond donors (Lipinski definition) is 1. The van der Waals surface area contributed by atoms with Crippen LogP contribution in [0.4, 0.5) is 0 Å². The molecule has 2 nitrogen and oxygen atoms in total. The summed E-state index contributed by atoms with van der Waals surface area (Å²) in [7, 11) is 0. The smallest absolute Gasteiger partial charge is 0.0351 e. The van der Waals surface area contributed by atoms with Crippen molar-refractivity contribution < 1.29 is 0 Å². The van der Waals surface area contributed by atoms with Crippen LogP contribution < -0.4 is 5.32 Å². The first kappa shape index (κ1) is 11.7. The summed E-state index contributed by atoms with van der Waals surface area (Å²) in [5, 5.41) is 4.36. The van der Waals surface area contributed by atoms with E-state index in [-0.39, 0.29) is 0 Å². The minimum absolute atomic E-state index is 0.797. The fourth-order valence-electron chi connectivity index (χ4n) is 2.86. The first-order valence-corrected chi connectivity index (χ1v) is 7.57. The first-order valence-electron chi connectivity index (χ1n) is 6.29. The Kier molecular flexibility index (Phi) is 4.35. The zero-order chi connectivity index (χ0) is 10.7. The fraction of sp³-hybridized carbons (Fsp3) is 1.00. The Morgan fingerprint density at radius 3 is 2.87 bits per heavy atom. The van der Waals surface area contributed by atoms with Crippen LogP contribution in [0.2, 0.25) is 0 Å². The van der Waals surface area contributed by atoms with Crippen LogP contribution >= 0.6 is 11.8 Å². The van der Waals surface area contributed by atoms with Gasteiger partial charge in [-0.3, -0.25) is 4.90 Å². The summed E-state index contributed by atoms with van der Waals surface area (Å²) in [6.45, 7) is 7.47. The van der Waals surface area contributed by atoms with Crippen LogP contribution in [0.3, 0.4) is 0 Å². The number of hydrogen-bond acceptors (Lipinski definition) is 3. The van der Waals surface area contributed by atoms with Gasteiger partial charge in [0.1, 0.15) is 0 Å². The lowest BCUT2D eigenvalue weighted by molar-refractivity contribution is 0.218. The van der Waals surface area contributed by atoms with Crippen molar-refractivity contribution in [1.29, 1.82) is 0 Å². The molecule has 0 spiro atoms. The number of nitrogens with zero attached hydrogens (tertiary/aromatic N) is 1. The number of likely N-dealkylation sites (tertiary alicyclic amines) is 1. The second-order valence-electron chi connectivity index (χ2n) is 5.07. The van der Waals surface area contributed by atoms with E-state index in [1.807, 2.05) is 11.8 Å². The Morgan fingerprint density at radius 1 is 1.20 bits per heavy atom. The Morgan fingerprint density at radius 2 is 2.07 bits per heavy atom. The van der Waals surface area contributed by atoms with Gasteiger partial charge in [-0.2, -0.15) is 11.8 Å². The van der Waals surface area contributed by atoms with Gasteiger partial charge in [-0.15, -0.1) is 0 Å². The molecule has 3 unspecified atom stereocenters. The van der Waals surface area contributed by atoms with Gasteiger partial charge in [0, 0.05) is 24.4 Å². The van der Waals surface area contributed by atoms with E-state index in [9.17, 15) is 0 Å². The summed E-state index contributed by atoms with van der Waals surface area (Å²) < 4.78 is 0. The standard InChI is InChI=1S/C12H24N2S/c1-10-4-3-6-14(7-5-10)11-8-13-9-12(11)15-2/h10-13H,3-9H2,1-2H3. The highest BCUT2D eigenvalue weighted by Gasteiger charge is 2.31. The van der Waals surface area contributed by atoms with Crippen molar-refractivity contribution in [2.24, 2.45) is 5.92 Å². The normalized spacial score (nSPS) is 39.2. The highest BCUT2D eigenvalue weighted by atomic mass is 32.2. The molecule has 0 aromatic heterocycles. The molecule has 2 rings (SSSR count). The summed E-state index contributed by atoms with van der Waals surface area (Å²) in [6.07, 6.45) is 6.49. The molecule has 0 bridgehead atoms. The van der Waals surface area contributed by atoms with Gasteiger partial charge in [0.15, 0.2) is 0 Å². The molecular formula is C12H24N2S. The molecule has 0 amide bonds. The molecule has 2 aliphatic rings. The molecule has 3 atom stereocenters. The molecule has 0 aromatic rings. The lowest BCUT2D eigenvalue weighted by Crippen LogP contribution is -2.42. The van der Waals surface area contributed by atoms with Crippen LogP contribution in [-0.4, -0.2) is 48.6 Å². The van der Waals surface area contributed by atoms with E-state index in [2.05, 4.69) is 23.4 Å². The van der Waals surface area contributed by atoms with Gasteiger partial charge in [0.2, 0.25) is 0 Å². The van der Waals surface area contributed by atoms with Crippen molar-refractivity contribution >= 4 is 11.8 Å². The lowest BCUT2D eigenvalue weighted by Gasteiger charge is -2.30. The van der Waals surface area contributed by atoms with E-state index in [0.717, 1.165) is 17.2 Å². The van der Waals surface area contributed by atoms with Crippen LogP contribution in [0, 0.1) is 5.92 Å². The van der Waals surface area contributed by atoms with Gasteiger partial charge >= 0.3 is 0 Å². The minimum Gasteiger partial charge on any atom is -0.314 e. The monoisotopic (exact) mass is 228 g/mol. The molecule has 2 saturated heterocycles. The molecule has 0 saturated carbocycles. The summed E-state index contributed by atoms with van der Waals surface area (Å²) in [4.78, 5) is 2.74. The predicted molar refractivity (Wildman–Crippen MR) is 68.5 cm³/mol. The van der Waals surface area contributed by atoms with Gasteiger partial charge in [-0.1, -0.05) is 6.92 Å². The SMILES string of the molecule is CSC1CNCC1N1CCCC(C)CC1. The van der Waals surface area contributed by atoms with Gasteiger partial charge in [0.05, 0.1) is 0 Å². The minimum atomic E-state index is 0.797.